The van der Waals surface area contributed by atoms with Gasteiger partial charge in [0.2, 0.25) is 0 Å². The number of hydrogen-bond acceptors (Lipinski definition) is 4. The normalized spacial score (nSPS) is 18.4. The summed E-state index contributed by atoms with van der Waals surface area (Å²) in [6.45, 7) is 0.982. The molecule has 1 atom stereocenters. The highest BCUT2D eigenvalue weighted by molar-refractivity contribution is 5.53. The van der Waals surface area contributed by atoms with Crippen LogP contribution in [0.25, 0.3) is 0 Å². The molecule has 1 aliphatic rings. The molecule has 1 aliphatic heterocycles. The smallest absolute Gasteiger partial charge is 0.172 e. The molecule has 0 radical (unpaired) electrons. The molecule has 0 aliphatic carbocycles. The van der Waals surface area contributed by atoms with Crippen LogP contribution in [0.1, 0.15) is 18.4 Å². The summed E-state index contributed by atoms with van der Waals surface area (Å²) < 4.78 is 30.0. The molecule has 0 bridgehead atoms. The molecule has 1 saturated heterocycles. The van der Waals surface area contributed by atoms with E-state index in [-0.39, 0.29) is 17.6 Å². The molecule has 106 valence electrons. The molecular weight excluding hydrogens is 249 g/mol. The van der Waals surface area contributed by atoms with E-state index in [0.717, 1.165) is 19.4 Å². The second-order valence-corrected chi connectivity index (χ2v) is 4.60. The second-order valence-electron chi connectivity index (χ2n) is 4.60. The maximum Gasteiger partial charge on any atom is 0.172 e. The first kappa shape index (κ1) is 13.9. The van der Waals surface area contributed by atoms with Gasteiger partial charge in [0, 0.05) is 17.7 Å². The fourth-order valence-corrected chi connectivity index (χ4v) is 2.53. The van der Waals surface area contributed by atoms with Crippen molar-refractivity contribution >= 4 is 0 Å². The monoisotopic (exact) mass is 269 g/mol. The van der Waals surface area contributed by atoms with Crippen molar-refractivity contribution in [1.82, 2.24) is 5.32 Å². The molecule has 0 saturated carbocycles. The van der Waals surface area contributed by atoms with E-state index in [2.05, 4.69) is 5.32 Å². The van der Waals surface area contributed by atoms with Crippen LogP contribution in [0.4, 0.5) is 4.39 Å². The number of halogens is 1. The Bertz CT molecular complexity index is 445. The second kappa shape index (κ2) is 6.10. The van der Waals surface area contributed by atoms with E-state index >= 15 is 0 Å². The predicted molar refractivity (Wildman–Crippen MR) is 70.8 cm³/mol. The summed E-state index contributed by atoms with van der Waals surface area (Å²) in [5.74, 6) is 0.766. The van der Waals surface area contributed by atoms with Crippen LogP contribution in [0, 0.1) is 5.82 Å². The van der Waals surface area contributed by atoms with Gasteiger partial charge < -0.3 is 19.5 Å². The highest BCUT2D eigenvalue weighted by atomic mass is 19.1. The van der Waals surface area contributed by atoms with Gasteiger partial charge in [-0.05, 0) is 25.8 Å². The molecule has 1 unspecified atom stereocenters. The van der Waals surface area contributed by atoms with E-state index in [1.54, 1.807) is 0 Å². The average molecular weight is 269 g/mol. The van der Waals surface area contributed by atoms with Gasteiger partial charge in [0.25, 0.3) is 0 Å². The Hall–Kier alpha value is -1.49. The van der Waals surface area contributed by atoms with E-state index in [4.69, 9.17) is 14.2 Å². The van der Waals surface area contributed by atoms with Crippen LogP contribution >= 0.6 is 0 Å². The Balaban J connectivity index is 2.41. The first-order chi connectivity index (χ1) is 9.21. The van der Waals surface area contributed by atoms with Crippen molar-refractivity contribution in [3.05, 3.63) is 17.4 Å². The zero-order chi connectivity index (χ0) is 13.8. The highest BCUT2D eigenvalue weighted by Gasteiger charge is 2.24. The maximum absolute atomic E-state index is 14.4. The Kier molecular flexibility index (Phi) is 4.47. The molecule has 1 aromatic rings. The molecule has 19 heavy (non-hydrogen) atoms. The summed E-state index contributed by atoms with van der Waals surface area (Å²) in [5.41, 5.74) is 0.512. The van der Waals surface area contributed by atoms with Crippen molar-refractivity contribution in [2.45, 2.75) is 25.3 Å². The third-order valence-electron chi connectivity index (χ3n) is 3.50. The summed E-state index contributed by atoms with van der Waals surface area (Å²) >= 11 is 0. The summed E-state index contributed by atoms with van der Waals surface area (Å²) in [4.78, 5) is 0. The number of ether oxygens (including phenoxy) is 3. The minimum atomic E-state index is -0.367. The third-order valence-corrected chi connectivity index (χ3v) is 3.50. The largest absolute Gasteiger partial charge is 0.494 e. The zero-order valence-electron chi connectivity index (χ0n) is 11.6. The molecule has 5 heteroatoms. The number of benzene rings is 1. The van der Waals surface area contributed by atoms with Gasteiger partial charge in [0.15, 0.2) is 23.1 Å². The van der Waals surface area contributed by atoms with E-state index in [1.807, 2.05) is 0 Å². The maximum atomic E-state index is 14.4. The number of methoxy groups -OCH3 is 3. The quantitative estimate of drug-likeness (QED) is 0.889. The van der Waals surface area contributed by atoms with E-state index < -0.39 is 0 Å². The van der Waals surface area contributed by atoms with Gasteiger partial charge in [0.05, 0.1) is 21.3 Å². The molecule has 1 aromatic carbocycles. The summed E-state index contributed by atoms with van der Waals surface area (Å²) in [6.07, 6.45) is 2.74. The van der Waals surface area contributed by atoms with Crippen LogP contribution in [0.3, 0.4) is 0 Å². The predicted octanol–water partition coefficient (Wildman–Crippen LogP) is 2.15. The summed E-state index contributed by atoms with van der Waals surface area (Å²) in [7, 11) is 4.50. The first-order valence-corrected chi connectivity index (χ1v) is 6.42. The third kappa shape index (κ3) is 2.76. The molecule has 0 aromatic heterocycles. The molecule has 2 rings (SSSR count). The van der Waals surface area contributed by atoms with E-state index in [9.17, 15) is 4.39 Å². The van der Waals surface area contributed by atoms with Gasteiger partial charge in [-0.3, -0.25) is 0 Å². The van der Waals surface area contributed by atoms with Gasteiger partial charge in [-0.2, -0.15) is 0 Å². The topological polar surface area (TPSA) is 39.7 Å². The molecule has 4 nitrogen and oxygen atoms in total. The fourth-order valence-electron chi connectivity index (χ4n) is 2.53. The molecule has 0 amide bonds. The van der Waals surface area contributed by atoms with Gasteiger partial charge in [-0.25, -0.2) is 4.39 Å². The minimum absolute atomic E-state index is 0.186. The van der Waals surface area contributed by atoms with Gasteiger partial charge >= 0.3 is 0 Å². The molecule has 1 N–H and O–H groups in total. The van der Waals surface area contributed by atoms with Crippen LogP contribution in [0.2, 0.25) is 0 Å². The van der Waals surface area contributed by atoms with Gasteiger partial charge in [-0.1, -0.05) is 0 Å². The SMILES string of the molecule is COc1cc(OC)c(OC)c(CC2CCCN2)c1F. The minimum Gasteiger partial charge on any atom is -0.494 e. The first-order valence-electron chi connectivity index (χ1n) is 6.42. The molecule has 0 spiro atoms. The number of nitrogens with one attached hydrogen (secondary N) is 1. The van der Waals surface area contributed by atoms with Crippen LogP contribution in [0.5, 0.6) is 17.2 Å². The van der Waals surface area contributed by atoms with Gasteiger partial charge in [-0.15, -0.1) is 0 Å². The van der Waals surface area contributed by atoms with Crippen molar-refractivity contribution in [1.29, 1.82) is 0 Å². The summed E-state index contributed by atoms with van der Waals surface area (Å²) in [6, 6.07) is 1.79. The molecular formula is C14H20FNO3. The van der Waals surface area contributed by atoms with Crippen molar-refractivity contribution in [3.8, 4) is 17.2 Å². The van der Waals surface area contributed by atoms with Crippen molar-refractivity contribution < 1.29 is 18.6 Å². The van der Waals surface area contributed by atoms with Crippen molar-refractivity contribution in [2.75, 3.05) is 27.9 Å². The summed E-state index contributed by atoms with van der Waals surface area (Å²) in [5, 5.41) is 3.35. The fraction of sp³-hybridized carbons (Fsp3) is 0.571. The van der Waals surface area contributed by atoms with Gasteiger partial charge in [0.1, 0.15) is 0 Å². The lowest BCUT2D eigenvalue weighted by Crippen LogP contribution is -2.24. The number of rotatable bonds is 5. The lowest BCUT2D eigenvalue weighted by molar-refractivity contribution is 0.332. The standard InChI is InChI=1S/C14H20FNO3/c1-17-11-8-12(18-2)14(19-3)10(13(11)15)7-9-5-4-6-16-9/h8-9,16H,4-7H2,1-3H3. The number of hydrogen-bond donors (Lipinski definition) is 1. The Morgan fingerprint density at radius 3 is 2.47 bits per heavy atom. The Morgan fingerprint density at radius 2 is 1.95 bits per heavy atom. The van der Waals surface area contributed by atoms with E-state index in [1.165, 1.54) is 27.4 Å². The van der Waals surface area contributed by atoms with Crippen LogP contribution in [-0.2, 0) is 6.42 Å². The Labute approximate surface area is 112 Å². The highest BCUT2D eigenvalue weighted by Crippen LogP contribution is 2.39. The Morgan fingerprint density at radius 1 is 1.21 bits per heavy atom. The van der Waals surface area contributed by atoms with Crippen LogP contribution < -0.4 is 19.5 Å². The van der Waals surface area contributed by atoms with Crippen molar-refractivity contribution in [2.24, 2.45) is 0 Å². The average Bonchev–Trinajstić information content (AvgIpc) is 2.93. The van der Waals surface area contributed by atoms with Crippen molar-refractivity contribution in [3.63, 3.8) is 0 Å². The van der Waals surface area contributed by atoms with Crippen LogP contribution in [-0.4, -0.2) is 33.9 Å². The lowest BCUT2D eigenvalue weighted by atomic mass is 10.0. The molecule has 1 fully saturated rings. The lowest BCUT2D eigenvalue weighted by Gasteiger charge is -2.18. The van der Waals surface area contributed by atoms with E-state index in [0.29, 0.717) is 23.5 Å². The van der Waals surface area contributed by atoms with Crippen LogP contribution in [0.15, 0.2) is 6.07 Å². The molecule has 1 heterocycles. The zero-order valence-corrected chi connectivity index (χ0v) is 11.6.